The van der Waals surface area contributed by atoms with Crippen molar-refractivity contribution >= 4 is 5.69 Å². The molecule has 1 unspecified atom stereocenters. The van der Waals surface area contributed by atoms with Gasteiger partial charge in [-0.2, -0.15) is 0 Å². The fourth-order valence-corrected chi connectivity index (χ4v) is 2.13. The van der Waals surface area contributed by atoms with E-state index in [0.717, 1.165) is 31.9 Å². The van der Waals surface area contributed by atoms with Crippen molar-refractivity contribution in [3.63, 3.8) is 0 Å². The maximum Gasteiger partial charge on any atom is 0.123 e. The van der Waals surface area contributed by atoms with E-state index in [1.807, 2.05) is 0 Å². The molecule has 1 N–H and O–H groups in total. The zero-order valence-electron chi connectivity index (χ0n) is 11.0. The minimum Gasteiger partial charge on any atom is -0.382 e. The van der Waals surface area contributed by atoms with Crippen molar-refractivity contribution in [1.82, 2.24) is 4.90 Å². The van der Waals surface area contributed by atoms with Gasteiger partial charge in [-0.15, -0.1) is 0 Å². The Morgan fingerprint density at radius 1 is 1.39 bits per heavy atom. The zero-order valence-corrected chi connectivity index (χ0v) is 11.0. The van der Waals surface area contributed by atoms with Crippen LogP contribution < -0.4 is 5.32 Å². The summed E-state index contributed by atoms with van der Waals surface area (Å²) in [7, 11) is 0. The average molecular weight is 252 g/mol. The number of ether oxygens (including phenoxy) is 1. The van der Waals surface area contributed by atoms with Crippen molar-refractivity contribution in [2.24, 2.45) is 0 Å². The Labute approximate surface area is 108 Å². The standard InChI is InChI=1S/C14H21FN2O/c1-11(2)17-7-8-18-14(10-17)9-16-13-5-3-12(15)4-6-13/h3-6,11,14,16H,7-10H2,1-2H3. The van der Waals surface area contributed by atoms with Crippen LogP contribution in [0.15, 0.2) is 24.3 Å². The van der Waals surface area contributed by atoms with Gasteiger partial charge in [0.25, 0.3) is 0 Å². The van der Waals surface area contributed by atoms with Crippen molar-refractivity contribution < 1.29 is 9.13 Å². The lowest BCUT2D eigenvalue weighted by molar-refractivity contribution is -0.0315. The van der Waals surface area contributed by atoms with E-state index in [9.17, 15) is 4.39 Å². The van der Waals surface area contributed by atoms with Gasteiger partial charge < -0.3 is 10.1 Å². The molecule has 0 aromatic heterocycles. The van der Waals surface area contributed by atoms with Gasteiger partial charge in [-0.1, -0.05) is 0 Å². The van der Waals surface area contributed by atoms with Gasteiger partial charge in [0.1, 0.15) is 5.82 Å². The lowest BCUT2D eigenvalue weighted by Gasteiger charge is -2.35. The average Bonchev–Trinajstić information content (AvgIpc) is 2.38. The van der Waals surface area contributed by atoms with Crippen LogP contribution in [0.1, 0.15) is 13.8 Å². The number of nitrogens with zero attached hydrogens (tertiary/aromatic N) is 1. The minimum absolute atomic E-state index is 0.200. The maximum absolute atomic E-state index is 12.8. The number of hydrogen-bond donors (Lipinski definition) is 1. The van der Waals surface area contributed by atoms with Crippen LogP contribution in [0.3, 0.4) is 0 Å². The Morgan fingerprint density at radius 2 is 2.11 bits per heavy atom. The molecule has 1 aromatic rings. The zero-order chi connectivity index (χ0) is 13.0. The second-order valence-corrected chi connectivity index (χ2v) is 4.97. The molecule has 1 saturated heterocycles. The largest absolute Gasteiger partial charge is 0.382 e. The van der Waals surface area contributed by atoms with E-state index >= 15 is 0 Å². The summed E-state index contributed by atoms with van der Waals surface area (Å²) in [6.07, 6.45) is 0.200. The van der Waals surface area contributed by atoms with Crippen LogP contribution in [0.2, 0.25) is 0 Å². The second-order valence-electron chi connectivity index (χ2n) is 4.97. The van der Waals surface area contributed by atoms with E-state index in [-0.39, 0.29) is 11.9 Å². The molecule has 0 amide bonds. The van der Waals surface area contributed by atoms with Gasteiger partial charge in [0.2, 0.25) is 0 Å². The Bertz CT molecular complexity index is 367. The van der Waals surface area contributed by atoms with Crippen molar-refractivity contribution in [1.29, 1.82) is 0 Å². The van der Waals surface area contributed by atoms with Crippen LogP contribution in [-0.2, 0) is 4.74 Å². The predicted molar refractivity (Wildman–Crippen MR) is 71.3 cm³/mol. The number of hydrogen-bond acceptors (Lipinski definition) is 3. The fraction of sp³-hybridized carbons (Fsp3) is 0.571. The van der Waals surface area contributed by atoms with Gasteiger partial charge in [-0.3, -0.25) is 4.90 Å². The van der Waals surface area contributed by atoms with Crippen molar-refractivity contribution in [3.8, 4) is 0 Å². The Morgan fingerprint density at radius 3 is 2.78 bits per heavy atom. The summed E-state index contributed by atoms with van der Waals surface area (Å²) in [6, 6.07) is 6.98. The summed E-state index contributed by atoms with van der Waals surface area (Å²) < 4.78 is 18.5. The van der Waals surface area contributed by atoms with Crippen LogP contribution in [0.25, 0.3) is 0 Å². The number of anilines is 1. The first-order chi connectivity index (χ1) is 8.65. The van der Waals surface area contributed by atoms with E-state index < -0.39 is 0 Å². The highest BCUT2D eigenvalue weighted by atomic mass is 19.1. The summed E-state index contributed by atoms with van der Waals surface area (Å²) in [5.41, 5.74) is 0.932. The molecule has 18 heavy (non-hydrogen) atoms. The summed E-state index contributed by atoms with van der Waals surface area (Å²) in [6.45, 7) is 7.91. The molecule has 1 aliphatic heterocycles. The summed E-state index contributed by atoms with van der Waals surface area (Å²) in [5, 5.41) is 3.28. The summed E-state index contributed by atoms with van der Waals surface area (Å²) in [4.78, 5) is 2.42. The molecule has 0 spiro atoms. The molecule has 2 rings (SSSR count). The molecule has 3 nitrogen and oxygen atoms in total. The van der Waals surface area contributed by atoms with Crippen molar-refractivity contribution in [2.75, 3.05) is 31.6 Å². The molecule has 1 aliphatic rings. The molecule has 1 heterocycles. The first-order valence-corrected chi connectivity index (χ1v) is 6.50. The summed E-state index contributed by atoms with van der Waals surface area (Å²) in [5.74, 6) is -0.208. The molecular weight excluding hydrogens is 231 g/mol. The third-order valence-electron chi connectivity index (χ3n) is 3.28. The van der Waals surface area contributed by atoms with E-state index in [0.29, 0.717) is 6.04 Å². The molecule has 1 aromatic carbocycles. The highest BCUT2D eigenvalue weighted by Gasteiger charge is 2.21. The number of halogens is 1. The Kier molecular flexibility index (Phi) is 4.55. The Hall–Kier alpha value is -1.13. The van der Waals surface area contributed by atoms with Crippen LogP contribution in [-0.4, -0.2) is 43.3 Å². The quantitative estimate of drug-likeness (QED) is 0.890. The predicted octanol–water partition coefficient (Wildman–Crippen LogP) is 2.35. The normalized spacial score (nSPS) is 21.2. The fourth-order valence-electron chi connectivity index (χ4n) is 2.13. The van der Waals surface area contributed by atoms with E-state index in [1.165, 1.54) is 12.1 Å². The molecule has 0 bridgehead atoms. The molecule has 0 saturated carbocycles. The van der Waals surface area contributed by atoms with Gasteiger partial charge in [0.15, 0.2) is 0 Å². The summed E-state index contributed by atoms with van der Waals surface area (Å²) >= 11 is 0. The Balaban J connectivity index is 1.81. The maximum atomic E-state index is 12.8. The van der Waals surface area contributed by atoms with E-state index in [2.05, 4.69) is 24.1 Å². The topological polar surface area (TPSA) is 24.5 Å². The lowest BCUT2D eigenvalue weighted by atomic mass is 10.2. The number of rotatable bonds is 4. The van der Waals surface area contributed by atoms with Crippen LogP contribution >= 0.6 is 0 Å². The van der Waals surface area contributed by atoms with Crippen molar-refractivity contribution in [3.05, 3.63) is 30.1 Å². The van der Waals surface area contributed by atoms with Crippen LogP contribution in [0.5, 0.6) is 0 Å². The highest BCUT2D eigenvalue weighted by Crippen LogP contribution is 2.12. The number of nitrogens with one attached hydrogen (secondary N) is 1. The van der Waals surface area contributed by atoms with Gasteiger partial charge in [-0.25, -0.2) is 4.39 Å². The molecule has 100 valence electrons. The smallest absolute Gasteiger partial charge is 0.123 e. The molecule has 0 radical (unpaired) electrons. The van der Waals surface area contributed by atoms with Gasteiger partial charge in [-0.05, 0) is 38.1 Å². The lowest BCUT2D eigenvalue weighted by Crippen LogP contribution is -2.48. The second kappa shape index (κ2) is 6.16. The van der Waals surface area contributed by atoms with Crippen LogP contribution in [0.4, 0.5) is 10.1 Å². The highest BCUT2D eigenvalue weighted by molar-refractivity contribution is 5.42. The SMILES string of the molecule is CC(C)N1CCOC(CNc2ccc(F)cc2)C1. The van der Waals surface area contributed by atoms with Gasteiger partial charge >= 0.3 is 0 Å². The molecular formula is C14H21FN2O. The van der Waals surface area contributed by atoms with Gasteiger partial charge in [0, 0.05) is 31.4 Å². The first kappa shape index (κ1) is 13.3. The third kappa shape index (κ3) is 3.68. The van der Waals surface area contributed by atoms with Gasteiger partial charge in [0.05, 0.1) is 12.7 Å². The number of morpholine rings is 1. The molecule has 0 aliphatic carbocycles. The monoisotopic (exact) mass is 252 g/mol. The van der Waals surface area contributed by atoms with Crippen LogP contribution in [0, 0.1) is 5.82 Å². The van der Waals surface area contributed by atoms with Crippen molar-refractivity contribution in [2.45, 2.75) is 26.0 Å². The first-order valence-electron chi connectivity index (χ1n) is 6.50. The number of benzene rings is 1. The molecule has 1 atom stereocenters. The minimum atomic E-state index is -0.208. The third-order valence-corrected chi connectivity index (χ3v) is 3.28. The molecule has 1 fully saturated rings. The van der Waals surface area contributed by atoms with E-state index in [1.54, 1.807) is 12.1 Å². The molecule has 4 heteroatoms. The van der Waals surface area contributed by atoms with E-state index in [4.69, 9.17) is 4.74 Å².